The maximum atomic E-state index is 9.12. The molecule has 4 N–H and O–H groups in total. The van der Waals surface area contributed by atoms with Gasteiger partial charge in [0, 0.05) is 6.54 Å². The Balaban J connectivity index is 2.47. The van der Waals surface area contributed by atoms with Crippen LogP contribution in [0.15, 0.2) is 0 Å². The van der Waals surface area contributed by atoms with E-state index in [-0.39, 0.29) is 12.6 Å². The van der Waals surface area contributed by atoms with Crippen molar-refractivity contribution in [3.8, 4) is 0 Å². The predicted molar refractivity (Wildman–Crippen MR) is 35.4 cm³/mol. The van der Waals surface area contributed by atoms with Crippen molar-refractivity contribution < 1.29 is 9.84 Å². The van der Waals surface area contributed by atoms with Crippen LogP contribution in [0, 0.1) is 5.41 Å². The molecule has 1 atom stereocenters. The van der Waals surface area contributed by atoms with E-state index in [2.05, 4.69) is 0 Å². The van der Waals surface area contributed by atoms with Gasteiger partial charge in [0.25, 0.3) is 0 Å². The highest BCUT2D eigenvalue weighted by Gasteiger charge is 2.20. The summed E-state index contributed by atoms with van der Waals surface area (Å²) >= 11 is 0. The van der Waals surface area contributed by atoms with Crippen molar-refractivity contribution in [2.24, 2.45) is 5.73 Å². The van der Waals surface area contributed by atoms with Crippen LogP contribution < -0.4 is 5.73 Å². The summed E-state index contributed by atoms with van der Waals surface area (Å²) in [5.41, 5.74) is 5.15. The second-order valence-electron chi connectivity index (χ2n) is 2.13. The molecule has 0 aromatic rings. The molecule has 1 rings (SSSR count). The highest BCUT2D eigenvalue weighted by molar-refractivity contribution is 5.74. The van der Waals surface area contributed by atoms with E-state index in [9.17, 15) is 0 Å². The molecule has 5 nitrogen and oxygen atoms in total. The lowest BCUT2D eigenvalue weighted by Crippen LogP contribution is -2.51. The van der Waals surface area contributed by atoms with E-state index in [1.807, 2.05) is 0 Å². The monoisotopic (exact) mass is 145 g/mol. The fraction of sp³-hybridized carbons (Fsp3) is 0.800. The summed E-state index contributed by atoms with van der Waals surface area (Å²) < 4.78 is 4.92. The van der Waals surface area contributed by atoms with Gasteiger partial charge in [0.05, 0.1) is 13.2 Å². The van der Waals surface area contributed by atoms with Crippen LogP contribution in [0.4, 0.5) is 0 Å². The molecular formula is C5H11N3O2. The van der Waals surface area contributed by atoms with Gasteiger partial charge in [0.15, 0.2) is 12.2 Å². The zero-order valence-corrected chi connectivity index (χ0v) is 5.58. The minimum absolute atomic E-state index is 0.101. The van der Waals surface area contributed by atoms with E-state index in [1.54, 1.807) is 0 Å². The van der Waals surface area contributed by atoms with Crippen molar-refractivity contribution in [2.45, 2.75) is 6.23 Å². The third-order valence-electron chi connectivity index (χ3n) is 1.41. The molecule has 0 bridgehead atoms. The SMILES string of the molecule is N=C(N)N1CCOCC1O. The summed E-state index contributed by atoms with van der Waals surface area (Å²) in [6.45, 7) is 1.26. The quantitative estimate of drug-likeness (QED) is 0.287. The summed E-state index contributed by atoms with van der Waals surface area (Å²) in [6.07, 6.45) is -0.744. The van der Waals surface area contributed by atoms with Crippen molar-refractivity contribution in [1.82, 2.24) is 4.90 Å². The lowest BCUT2D eigenvalue weighted by Gasteiger charge is -2.31. The number of morpholine rings is 1. The number of ether oxygens (including phenoxy) is 1. The fourth-order valence-electron chi connectivity index (χ4n) is 0.872. The number of hydrogen-bond donors (Lipinski definition) is 3. The Labute approximate surface area is 58.9 Å². The smallest absolute Gasteiger partial charge is 0.190 e. The van der Waals surface area contributed by atoms with E-state index < -0.39 is 6.23 Å². The van der Waals surface area contributed by atoms with Crippen LogP contribution in [0.3, 0.4) is 0 Å². The van der Waals surface area contributed by atoms with E-state index in [0.717, 1.165) is 0 Å². The minimum atomic E-state index is -0.744. The van der Waals surface area contributed by atoms with Crippen LogP contribution in [0.25, 0.3) is 0 Å². The van der Waals surface area contributed by atoms with Crippen LogP contribution in [0.2, 0.25) is 0 Å². The number of nitrogens with two attached hydrogens (primary N) is 1. The first-order chi connectivity index (χ1) is 4.72. The number of guanidine groups is 1. The lowest BCUT2D eigenvalue weighted by molar-refractivity contribution is -0.0741. The maximum absolute atomic E-state index is 9.12. The molecule has 1 heterocycles. The largest absolute Gasteiger partial charge is 0.375 e. The van der Waals surface area contributed by atoms with Crippen molar-refractivity contribution >= 4 is 5.96 Å². The average molecular weight is 145 g/mol. The normalized spacial score (nSPS) is 26.5. The Morgan fingerprint density at radius 2 is 2.50 bits per heavy atom. The average Bonchev–Trinajstić information content (AvgIpc) is 1.88. The second kappa shape index (κ2) is 2.85. The van der Waals surface area contributed by atoms with Gasteiger partial charge in [0.1, 0.15) is 0 Å². The van der Waals surface area contributed by atoms with Gasteiger partial charge < -0.3 is 20.5 Å². The summed E-state index contributed by atoms with van der Waals surface area (Å²) in [5.74, 6) is -0.101. The van der Waals surface area contributed by atoms with Gasteiger partial charge in [-0.1, -0.05) is 0 Å². The highest BCUT2D eigenvalue weighted by Crippen LogP contribution is 2.01. The van der Waals surface area contributed by atoms with E-state index in [0.29, 0.717) is 13.2 Å². The third-order valence-corrected chi connectivity index (χ3v) is 1.41. The molecule has 0 amide bonds. The lowest BCUT2D eigenvalue weighted by atomic mass is 10.4. The Kier molecular flexibility index (Phi) is 2.08. The van der Waals surface area contributed by atoms with Crippen LogP contribution >= 0.6 is 0 Å². The summed E-state index contributed by atoms with van der Waals surface area (Å²) in [6, 6.07) is 0. The van der Waals surface area contributed by atoms with Crippen LogP contribution in [-0.2, 0) is 4.74 Å². The van der Waals surface area contributed by atoms with Crippen molar-refractivity contribution in [1.29, 1.82) is 5.41 Å². The van der Waals surface area contributed by atoms with Crippen molar-refractivity contribution in [3.05, 3.63) is 0 Å². The van der Waals surface area contributed by atoms with Gasteiger partial charge in [-0.3, -0.25) is 5.41 Å². The fourth-order valence-corrected chi connectivity index (χ4v) is 0.872. The molecule has 1 aliphatic rings. The molecule has 0 radical (unpaired) electrons. The molecule has 0 aliphatic carbocycles. The van der Waals surface area contributed by atoms with Gasteiger partial charge in [-0.05, 0) is 0 Å². The maximum Gasteiger partial charge on any atom is 0.190 e. The summed E-state index contributed by atoms with van der Waals surface area (Å²) in [7, 11) is 0. The van der Waals surface area contributed by atoms with Gasteiger partial charge in [-0.25, -0.2) is 0 Å². The molecular weight excluding hydrogens is 134 g/mol. The molecule has 0 aromatic carbocycles. The first-order valence-corrected chi connectivity index (χ1v) is 3.08. The summed E-state index contributed by atoms with van der Waals surface area (Å²) in [5, 5.41) is 16.1. The number of rotatable bonds is 0. The predicted octanol–water partition coefficient (Wildman–Crippen LogP) is -1.47. The van der Waals surface area contributed by atoms with E-state index in [4.69, 9.17) is 21.0 Å². The first kappa shape index (κ1) is 7.30. The minimum Gasteiger partial charge on any atom is -0.375 e. The molecule has 0 spiro atoms. The molecule has 5 heteroatoms. The zero-order chi connectivity index (χ0) is 7.56. The molecule has 0 saturated carbocycles. The molecule has 1 aliphatic heterocycles. The van der Waals surface area contributed by atoms with E-state index in [1.165, 1.54) is 4.90 Å². The Bertz CT molecular complexity index is 139. The van der Waals surface area contributed by atoms with Crippen LogP contribution in [-0.4, -0.2) is 42.0 Å². The molecule has 1 fully saturated rings. The van der Waals surface area contributed by atoms with E-state index >= 15 is 0 Å². The van der Waals surface area contributed by atoms with Crippen LogP contribution in [0.1, 0.15) is 0 Å². The van der Waals surface area contributed by atoms with Gasteiger partial charge in [-0.2, -0.15) is 0 Å². The van der Waals surface area contributed by atoms with Crippen molar-refractivity contribution in [3.63, 3.8) is 0 Å². The van der Waals surface area contributed by atoms with Gasteiger partial charge in [-0.15, -0.1) is 0 Å². The Hall–Kier alpha value is -0.810. The zero-order valence-electron chi connectivity index (χ0n) is 5.58. The van der Waals surface area contributed by atoms with Gasteiger partial charge in [0.2, 0.25) is 0 Å². The summed E-state index contributed by atoms with van der Waals surface area (Å²) in [4.78, 5) is 1.39. The molecule has 10 heavy (non-hydrogen) atoms. The molecule has 0 aromatic heterocycles. The molecule has 1 unspecified atom stereocenters. The third kappa shape index (κ3) is 1.37. The Morgan fingerprint density at radius 1 is 1.80 bits per heavy atom. The highest BCUT2D eigenvalue weighted by atomic mass is 16.5. The van der Waals surface area contributed by atoms with Gasteiger partial charge >= 0.3 is 0 Å². The number of nitrogens with one attached hydrogen (secondary N) is 1. The molecule has 1 saturated heterocycles. The second-order valence-corrected chi connectivity index (χ2v) is 2.13. The first-order valence-electron chi connectivity index (χ1n) is 3.08. The topological polar surface area (TPSA) is 82.6 Å². The number of nitrogens with zero attached hydrogens (tertiary/aromatic N) is 1. The number of aliphatic hydroxyl groups is 1. The Morgan fingerprint density at radius 3 is 2.90 bits per heavy atom. The number of hydrogen-bond acceptors (Lipinski definition) is 3. The molecule has 58 valence electrons. The standard InChI is InChI=1S/C5H11N3O2/c6-5(7)8-1-2-10-3-4(8)9/h4,9H,1-3H2,(H3,6,7). The van der Waals surface area contributed by atoms with Crippen molar-refractivity contribution in [2.75, 3.05) is 19.8 Å². The number of aliphatic hydroxyl groups excluding tert-OH is 1. The van der Waals surface area contributed by atoms with Crippen LogP contribution in [0.5, 0.6) is 0 Å².